The molecule has 0 radical (unpaired) electrons. The third-order valence-electron chi connectivity index (χ3n) is 9.40. The number of carbonyl (C=O) groups excluding carboxylic acids is 1. The van der Waals surface area contributed by atoms with E-state index in [-0.39, 0.29) is 11.3 Å². The number of hydrogen-bond donors (Lipinski definition) is 2. The van der Waals surface area contributed by atoms with Crippen LogP contribution in [0.2, 0.25) is 0 Å². The minimum atomic E-state index is -4.82. The van der Waals surface area contributed by atoms with Gasteiger partial charge in [0, 0.05) is 49.0 Å². The lowest BCUT2D eigenvalue weighted by Crippen LogP contribution is -2.51. The van der Waals surface area contributed by atoms with Gasteiger partial charge >= 0.3 is 6.18 Å². The van der Waals surface area contributed by atoms with Crippen LogP contribution >= 0.6 is 0 Å². The molecule has 2 heterocycles. The van der Waals surface area contributed by atoms with Crippen LogP contribution in [0.1, 0.15) is 60.5 Å². The first-order chi connectivity index (χ1) is 20.6. The third-order valence-corrected chi connectivity index (χ3v) is 9.40. The van der Waals surface area contributed by atoms with Crippen molar-refractivity contribution in [2.75, 3.05) is 36.4 Å². The second kappa shape index (κ2) is 10.4. The average molecular weight is 591 g/mol. The van der Waals surface area contributed by atoms with E-state index in [1.807, 2.05) is 18.2 Å². The molecule has 0 bridgehead atoms. The predicted molar refractivity (Wildman–Crippen MR) is 159 cm³/mol. The number of piperazine rings is 1. The van der Waals surface area contributed by atoms with Crippen molar-refractivity contribution >= 4 is 33.7 Å². The van der Waals surface area contributed by atoms with Crippen LogP contribution in [0, 0.1) is 0 Å². The molecule has 2 fully saturated rings. The maximum absolute atomic E-state index is 13.9. The van der Waals surface area contributed by atoms with E-state index >= 15 is 0 Å². The molecule has 1 aromatic heterocycles. The summed E-state index contributed by atoms with van der Waals surface area (Å²) in [7, 11) is 0. The van der Waals surface area contributed by atoms with Gasteiger partial charge in [-0.05, 0) is 43.5 Å². The monoisotopic (exact) mass is 590 g/mol. The van der Waals surface area contributed by atoms with Gasteiger partial charge in [0.1, 0.15) is 5.52 Å². The molecule has 7 rings (SSSR count). The zero-order valence-corrected chi connectivity index (χ0v) is 23.9. The number of aliphatic hydroxyl groups is 1. The number of carbonyl (C=O) groups is 1. The summed E-state index contributed by atoms with van der Waals surface area (Å²) in [6.45, 7) is 4.21. The Balaban J connectivity index is 1.27. The van der Waals surface area contributed by atoms with E-state index in [4.69, 9.17) is 4.52 Å². The van der Waals surface area contributed by atoms with Gasteiger partial charge in [-0.2, -0.15) is 13.2 Å². The third kappa shape index (κ3) is 4.67. The highest BCUT2D eigenvalue weighted by molar-refractivity contribution is 6.28. The zero-order chi connectivity index (χ0) is 29.9. The van der Waals surface area contributed by atoms with Crippen molar-refractivity contribution in [3.05, 3.63) is 71.3 Å². The van der Waals surface area contributed by atoms with Gasteiger partial charge in [0.15, 0.2) is 17.1 Å². The van der Waals surface area contributed by atoms with Gasteiger partial charge in [0.05, 0.1) is 22.3 Å². The molecule has 224 valence electrons. The first-order valence-corrected chi connectivity index (χ1v) is 14.9. The first-order valence-electron chi connectivity index (χ1n) is 14.9. The molecule has 0 spiro atoms. The molecule has 0 amide bonds. The van der Waals surface area contributed by atoms with Crippen LogP contribution in [-0.2, 0) is 5.60 Å². The van der Waals surface area contributed by atoms with Gasteiger partial charge in [0.2, 0.25) is 0 Å². The van der Waals surface area contributed by atoms with Crippen molar-refractivity contribution in [1.29, 1.82) is 0 Å². The molecule has 1 unspecified atom stereocenters. The van der Waals surface area contributed by atoms with E-state index in [0.717, 1.165) is 38.8 Å². The predicted octanol–water partition coefficient (Wildman–Crippen LogP) is 7.01. The lowest BCUT2D eigenvalue weighted by molar-refractivity contribution is -0.258. The van der Waals surface area contributed by atoms with Crippen LogP contribution in [0.15, 0.2) is 59.1 Å². The second-order valence-electron chi connectivity index (χ2n) is 12.0. The number of nitrogens with one attached hydrogen (secondary N) is 1. The number of anilines is 3. The number of aromatic nitrogens is 1. The van der Waals surface area contributed by atoms with Gasteiger partial charge in [-0.3, -0.25) is 9.69 Å². The van der Waals surface area contributed by atoms with Gasteiger partial charge in [0.25, 0.3) is 0 Å². The summed E-state index contributed by atoms with van der Waals surface area (Å²) in [6, 6.07) is 15.2. The van der Waals surface area contributed by atoms with Crippen LogP contribution in [0.5, 0.6) is 0 Å². The quantitative estimate of drug-likeness (QED) is 0.228. The Morgan fingerprint density at radius 2 is 1.63 bits per heavy atom. The number of alkyl halides is 3. The topological polar surface area (TPSA) is 81.8 Å². The normalized spacial score (nSPS) is 19.4. The van der Waals surface area contributed by atoms with Crippen molar-refractivity contribution < 1.29 is 27.6 Å². The fraction of sp³-hybridized carbons (Fsp3) is 0.394. The maximum Gasteiger partial charge on any atom is 0.421 e. The minimum absolute atomic E-state index is 0.177. The summed E-state index contributed by atoms with van der Waals surface area (Å²) in [5.41, 5.74) is 0.829. The van der Waals surface area contributed by atoms with Gasteiger partial charge < -0.3 is 19.8 Å². The Labute approximate surface area is 247 Å². The molecule has 3 aliphatic rings. The highest BCUT2D eigenvalue weighted by Crippen LogP contribution is 2.47. The number of rotatable bonds is 5. The summed E-state index contributed by atoms with van der Waals surface area (Å²) in [5.74, 6) is 0.353. The molecule has 4 aromatic rings. The zero-order valence-electron chi connectivity index (χ0n) is 23.9. The molecule has 1 saturated carbocycles. The lowest BCUT2D eigenvalue weighted by Gasteiger charge is -2.41. The molecule has 2 aliphatic carbocycles. The lowest BCUT2D eigenvalue weighted by atomic mass is 9.86. The highest BCUT2D eigenvalue weighted by atomic mass is 19.4. The average Bonchev–Trinajstić information content (AvgIpc) is 3.46. The number of nitrogens with zero attached hydrogens (tertiary/aromatic N) is 3. The van der Waals surface area contributed by atoms with E-state index in [1.165, 1.54) is 56.4 Å². The van der Waals surface area contributed by atoms with E-state index in [1.54, 1.807) is 12.1 Å². The smallest absolute Gasteiger partial charge is 0.376 e. The largest absolute Gasteiger partial charge is 0.421 e. The van der Waals surface area contributed by atoms with Crippen LogP contribution < -0.4 is 10.2 Å². The molecule has 10 heteroatoms. The molecule has 43 heavy (non-hydrogen) atoms. The van der Waals surface area contributed by atoms with Crippen molar-refractivity contribution in [2.24, 2.45) is 0 Å². The summed E-state index contributed by atoms with van der Waals surface area (Å²) in [4.78, 5) is 18.8. The van der Waals surface area contributed by atoms with Gasteiger partial charge in [-0.25, -0.2) is 0 Å². The van der Waals surface area contributed by atoms with Crippen LogP contribution in [-0.4, -0.2) is 59.3 Å². The van der Waals surface area contributed by atoms with Crippen molar-refractivity contribution in [3.8, 4) is 11.3 Å². The number of halogens is 3. The van der Waals surface area contributed by atoms with Crippen LogP contribution in [0.4, 0.5) is 30.2 Å². The Morgan fingerprint density at radius 3 is 2.30 bits per heavy atom. The molecule has 1 aliphatic heterocycles. The number of fused-ring (bicyclic) bond motifs is 2. The summed E-state index contributed by atoms with van der Waals surface area (Å²) < 4.78 is 46.2. The molecule has 7 nitrogen and oxygen atoms in total. The Hall–Kier alpha value is -3.89. The molecular formula is C33H33F3N4O3. The second-order valence-corrected chi connectivity index (χ2v) is 12.0. The fourth-order valence-electron chi connectivity index (χ4n) is 6.85. The summed E-state index contributed by atoms with van der Waals surface area (Å²) in [6.07, 6.45) is 1.56. The fourth-order valence-corrected chi connectivity index (χ4v) is 6.85. The summed E-state index contributed by atoms with van der Waals surface area (Å²) in [5, 5.41) is 18.5. The van der Waals surface area contributed by atoms with Gasteiger partial charge in [-0.15, -0.1) is 0 Å². The van der Waals surface area contributed by atoms with Crippen molar-refractivity contribution in [1.82, 2.24) is 10.1 Å². The van der Waals surface area contributed by atoms with E-state index in [2.05, 4.69) is 20.3 Å². The van der Waals surface area contributed by atoms with E-state index < -0.39 is 11.8 Å². The number of benzene rings is 3. The number of hydrogen-bond acceptors (Lipinski definition) is 7. The Morgan fingerprint density at radius 1 is 0.953 bits per heavy atom. The molecule has 2 N–H and O–H groups in total. The standard InChI is InChI=1S/C33H33F3N4O3/c1-32(42,33(34,35)36)20-11-13-21(14-12-20)37-25-19-26(40-17-15-39(16-18-40)22-7-3-2-4-8-22)29-28-27(25)30(41)23-9-5-6-10-24(23)31(28)43-38-29/h5-6,9-14,19,22,37,42H,2-4,7-8,15-18H2,1H3. The van der Waals surface area contributed by atoms with Crippen molar-refractivity contribution in [2.45, 2.75) is 56.8 Å². The van der Waals surface area contributed by atoms with E-state index in [0.29, 0.717) is 50.8 Å². The van der Waals surface area contributed by atoms with E-state index in [9.17, 15) is 23.1 Å². The minimum Gasteiger partial charge on any atom is -0.376 e. The maximum atomic E-state index is 13.9. The number of ketones is 1. The van der Waals surface area contributed by atoms with Crippen LogP contribution in [0.25, 0.3) is 22.2 Å². The highest BCUT2D eigenvalue weighted by Gasteiger charge is 2.51. The SMILES string of the molecule is CC(O)(c1ccc(Nc2cc(N3CCN(C4CCCCC4)CC3)c3noc4c3c2C(=O)c2ccccc2-4)cc1)C(F)(F)F. The summed E-state index contributed by atoms with van der Waals surface area (Å²) >= 11 is 0. The molecular weight excluding hydrogens is 557 g/mol. The van der Waals surface area contributed by atoms with Crippen LogP contribution in [0.3, 0.4) is 0 Å². The Kier molecular flexibility index (Phi) is 6.74. The van der Waals surface area contributed by atoms with Gasteiger partial charge in [-0.1, -0.05) is 60.8 Å². The molecule has 3 aromatic carbocycles. The first kappa shape index (κ1) is 27.9. The Bertz CT molecular complexity index is 1680. The van der Waals surface area contributed by atoms with Crippen molar-refractivity contribution in [3.63, 3.8) is 0 Å². The molecule has 1 saturated heterocycles. The molecule has 1 atom stereocenters.